The summed E-state index contributed by atoms with van der Waals surface area (Å²) in [5.74, 6) is -0.261. The lowest BCUT2D eigenvalue weighted by Gasteiger charge is -2.26. The molecule has 0 aliphatic heterocycles. The maximum atomic E-state index is 13.7. The van der Waals surface area contributed by atoms with E-state index in [9.17, 15) is 9.59 Å². The number of carbonyl (C=O) groups excluding carboxylic acids is 2. The largest absolute Gasteiger partial charge is 0.361 e. The van der Waals surface area contributed by atoms with Crippen molar-refractivity contribution in [3.8, 4) is 0 Å². The van der Waals surface area contributed by atoms with Crippen LogP contribution in [0.4, 0.5) is 16.2 Å². The molecule has 0 saturated heterocycles. The van der Waals surface area contributed by atoms with Crippen LogP contribution in [-0.4, -0.2) is 29.9 Å². The standard InChI is InChI=1S/C31H34N8O2/c1-33-38-37-30(32)36-29(40)24-9-7-21(8-10-24)20-39(27-14-11-23(12-15-27)22-5-3-2-4-6-22)31(41)35-26-13-16-28-25(19-26)17-18-34-28/h7-19,22,34H,2-6,20H2,1H3,(H,35,41)(H3,32,33,36,37,40). The highest BCUT2D eigenvalue weighted by Gasteiger charge is 2.20. The minimum atomic E-state index is -0.468. The summed E-state index contributed by atoms with van der Waals surface area (Å²) in [6, 6.07) is 22.7. The summed E-state index contributed by atoms with van der Waals surface area (Å²) in [4.78, 5) is 31.0. The number of aromatic nitrogens is 1. The Morgan fingerprint density at radius 2 is 1.73 bits per heavy atom. The van der Waals surface area contributed by atoms with E-state index in [0.717, 1.165) is 22.2 Å². The SMILES string of the molecule is CN/N=N\C(=N)NC(=O)c1ccc(CN(C(=O)Nc2ccc3[nH]ccc3c2)c2ccc(C3CCCCC3)cc2)cc1. The van der Waals surface area contributed by atoms with Crippen molar-refractivity contribution in [1.29, 1.82) is 5.41 Å². The van der Waals surface area contributed by atoms with Crippen molar-refractivity contribution < 1.29 is 9.59 Å². The first-order valence-corrected chi connectivity index (χ1v) is 13.8. The molecule has 0 atom stereocenters. The number of fused-ring (bicyclic) bond motifs is 1. The second-order valence-electron chi connectivity index (χ2n) is 10.1. The molecule has 0 radical (unpaired) electrons. The zero-order valence-corrected chi connectivity index (χ0v) is 23.0. The molecule has 10 nitrogen and oxygen atoms in total. The summed E-state index contributed by atoms with van der Waals surface area (Å²) in [7, 11) is 1.55. The topological polar surface area (TPSA) is 138 Å². The molecule has 5 rings (SSSR count). The van der Waals surface area contributed by atoms with Crippen molar-refractivity contribution in [2.75, 3.05) is 17.3 Å². The van der Waals surface area contributed by atoms with Crippen molar-refractivity contribution in [2.45, 2.75) is 44.6 Å². The first-order valence-electron chi connectivity index (χ1n) is 13.8. The van der Waals surface area contributed by atoms with Gasteiger partial charge in [-0.25, -0.2) is 4.79 Å². The number of hydrogen-bond acceptors (Lipinski definition) is 4. The van der Waals surface area contributed by atoms with E-state index in [1.54, 1.807) is 36.2 Å². The highest BCUT2D eigenvalue weighted by molar-refractivity contribution is 6.05. The summed E-state index contributed by atoms with van der Waals surface area (Å²) >= 11 is 0. The number of nitrogens with one attached hydrogen (secondary N) is 5. The molecule has 4 aromatic rings. The molecule has 0 spiro atoms. The molecule has 1 fully saturated rings. The molecule has 1 heterocycles. The van der Waals surface area contributed by atoms with Crippen LogP contribution in [0.5, 0.6) is 0 Å². The Bertz CT molecular complexity index is 1540. The van der Waals surface area contributed by atoms with Crippen molar-refractivity contribution in [2.24, 2.45) is 10.3 Å². The number of rotatable bonds is 7. The zero-order chi connectivity index (χ0) is 28.6. The van der Waals surface area contributed by atoms with Crippen LogP contribution >= 0.6 is 0 Å². The van der Waals surface area contributed by atoms with E-state index in [4.69, 9.17) is 5.41 Å². The van der Waals surface area contributed by atoms with Gasteiger partial charge >= 0.3 is 6.03 Å². The van der Waals surface area contributed by atoms with Crippen LogP contribution in [0, 0.1) is 5.41 Å². The molecule has 10 heteroatoms. The minimum absolute atomic E-state index is 0.254. The number of amides is 3. The van der Waals surface area contributed by atoms with Crippen molar-refractivity contribution in [1.82, 2.24) is 15.7 Å². The van der Waals surface area contributed by atoms with E-state index in [-0.39, 0.29) is 12.0 Å². The van der Waals surface area contributed by atoms with Gasteiger partial charge < -0.3 is 10.3 Å². The predicted molar refractivity (Wildman–Crippen MR) is 161 cm³/mol. The first-order chi connectivity index (χ1) is 20.0. The van der Waals surface area contributed by atoms with E-state index >= 15 is 0 Å². The maximum Gasteiger partial charge on any atom is 0.326 e. The third-order valence-corrected chi connectivity index (χ3v) is 7.37. The number of H-pyrrole nitrogens is 1. The van der Waals surface area contributed by atoms with Crippen molar-refractivity contribution in [3.63, 3.8) is 0 Å². The Kier molecular flexibility index (Phi) is 8.68. The normalized spacial score (nSPS) is 13.7. The third-order valence-electron chi connectivity index (χ3n) is 7.37. The molecule has 5 N–H and O–H groups in total. The summed E-state index contributed by atoms with van der Waals surface area (Å²) in [5, 5.41) is 21.1. The number of hydrogen-bond donors (Lipinski definition) is 5. The first kappa shape index (κ1) is 27.6. The molecule has 0 bridgehead atoms. The number of urea groups is 1. The fraction of sp³-hybridized carbons (Fsp3) is 0.258. The van der Waals surface area contributed by atoms with Gasteiger partial charge in [0, 0.05) is 41.1 Å². The second-order valence-corrected chi connectivity index (χ2v) is 10.1. The minimum Gasteiger partial charge on any atom is -0.361 e. The summed E-state index contributed by atoms with van der Waals surface area (Å²) in [5.41, 5.74) is 7.46. The highest BCUT2D eigenvalue weighted by Crippen LogP contribution is 2.33. The molecule has 3 aromatic carbocycles. The lowest BCUT2D eigenvalue weighted by molar-refractivity contribution is 0.0976. The summed E-state index contributed by atoms with van der Waals surface area (Å²) in [6.45, 7) is 0.301. The van der Waals surface area contributed by atoms with Gasteiger partial charge in [-0.15, -0.1) is 0 Å². The molecule has 1 saturated carbocycles. The molecular formula is C31H34N8O2. The van der Waals surface area contributed by atoms with Gasteiger partial charge in [-0.05, 0) is 78.4 Å². The number of carbonyl (C=O) groups is 2. The molecule has 0 unspecified atom stereocenters. The monoisotopic (exact) mass is 550 g/mol. The van der Waals surface area contributed by atoms with Gasteiger partial charge in [0.05, 0.1) is 6.54 Å². The molecule has 1 aliphatic carbocycles. The van der Waals surface area contributed by atoms with Gasteiger partial charge in [0.2, 0.25) is 5.96 Å². The van der Waals surface area contributed by atoms with Gasteiger partial charge in [-0.1, -0.05) is 53.9 Å². The maximum absolute atomic E-state index is 13.7. The van der Waals surface area contributed by atoms with Gasteiger partial charge in [0.1, 0.15) is 0 Å². The van der Waals surface area contributed by atoms with Crippen LogP contribution < -0.4 is 21.0 Å². The Morgan fingerprint density at radius 3 is 2.46 bits per heavy atom. The van der Waals surface area contributed by atoms with Crippen LogP contribution in [0.2, 0.25) is 0 Å². The van der Waals surface area contributed by atoms with Crippen LogP contribution in [0.1, 0.15) is 59.5 Å². The predicted octanol–water partition coefficient (Wildman–Crippen LogP) is 6.71. The number of benzene rings is 3. The molecule has 210 valence electrons. The van der Waals surface area contributed by atoms with Crippen molar-refractivity contribution in [3.05, 3.63) is 95.7 Å². The molecule has 3 amide bonds. The Morgan fingerprint density at radius 1 is 0.976 bits per heavy atom. The third kappa shape index (κ3) is 6.96. The van der Waals surface area contributed by atoms with E-state index in [1.807, 2.05) is 42.6 Å². The van der Waals surface area contributed by atoms with Crippen LogP contribution in [0.25, 0.3) is 10.9 Å². The molecular weight excluding hydrogens is 516 g/mol. The fourth-order valence-electron chi connectivity index (χ4n) is 5.21. The van der Waals surface area contributed by atoms with Gasteiger partial charge in [-0.3, -0.25) is 25.8 Å². The lowest BCUT2D eigenvalue weighted by Crippen LogP contribution is -2.34. The number of nitrogens with zero attached hydrogens (tertiary/aromatic N) is 3. The summed E-state index contributed by atoms with van der Waals surface area (Å²) < 4.78 is 0. The van der Waals surface area contributed by atoms with Gasteiger partial charge in [0.15, 0.2) is 0 Å². The van der Waals surface area contributed by atoms with Gasteiger partial charge in [0.25, 0.3) is 5.91 Å². The van der Waals surface area contributed by atoms with E-state index in [2.05, 4.69) is 43.5 Å². The number of anilines is 2. The number of guanidine groups is 1. The average molecular weight is 551 g/mol. The highest BCUT2D eigenvalue weighted by atomic mass is 16.2. The smallest absolute Gasteiger partial charge is 0.326 e. The van der Waals surface area contributed by atoms with E-state index < -0.39 is 5.91 Å². The van der Waals surface area contributed by atoms with Crippen LogP contribution in [0.15, 0.2) is 89.3 Å². The molecule has 1 aliphatic rings. The quantitative estimate of drug-likeness (QED) is 0.0757. The lowest BCUT2D eigenvalue weighted by atomic mass is 9.84. The Balaban J connectivity index is 1.35. The molecule has 1 aromatic heterocycles. The van der Waals surface area contributed by atoms with E-state index in [0.29, 0.717) is 23.7 Å². The number of aromatic amines is 1. The second kappa shape index (κ2) is 12.9. The van der Waals surface area contributed by atoms with Crippen molar-refractivity contribution >= 4 is 40.2 Å². The fourth-order valence-corrected chi connectivity index (χ4v) is 5.21. The van der Waals surface area contributed by atoms with Gasteiger partial charge in [-0.2, -0.15) is 0 Å². The van der Waals surface area contributed by atoms with E-state index in [1.165, 1.54) is 37.7 Å². The molecule has 41 heavy (non-hydrogen) atoms. The zero-order valence-electron chi connectivity index (χ0n) is 23.0. The Labute approximate surface area is 238 Å². The van der Waals surface area contributed by atoms with Crippen LogP contribution in [-0.2, 0) is 6.54 Å². The Hall–Kier alpha value is -4.99. The summed E-state index contributed by atoms with van der Waals surface area (Å²) in [6.07, 6.45) is 8.13. The average Bonchev–Trinajstić information content (AvgIpc) is 3.48. The van der Waals surface area contributed by atoms with Crippen LogP contribution in [0.3, 0.4) is 0 Å².